The Morgan fingerprint density at radius 3 is 2.28 bits per heavy atom. The molecule has 5 nitrogen and oxygen atoms in total. The molecule has 0 fully saturated rings. The van der Waals surface area contributed by atoms with Crippen LogP contribution in [0.4, 0.5) is 18.9 Å². The third-order valence-corrected chi connectivity index (χ3v) is 5.24. The molecule has 3 aromatic rings. The Labute approximate surface area is 164 Å². The van der Waals surface area contributed by atoms with Crippen molar-refractivity contribution in [1.82, 2.24) is 0 Å². The molecule has 3 rings (SSSR count). The lowest BCUT2D eigenvalue weighted by Crippen LogP contribution is -2.14. The highest BCUT2D eigenvalue weighted by molar-refractivity contribution is 7.91. The van der Waals surface area contributed by atoms with Crippen molar-refractivity contribution in [1.29, 1.82) is 0 Å². The number of alkyl halides is 2. The number of hydrogen-bond donors (Lipinski definition) is 1. The molecular weight excluding hydrogens is 407 g/mol. The van der Waals surface area contributed by atoms with Crippen molar-refractivity contribution in [3.63, 3.8) is 0 Å². The average Bonchev–Trinajstić information content (AvgIpc) is 2.69. The normalized spacial score (nSPS) is 11.3. The lowest BCUT2D eigenvalue weighted by molar-refractivity contribution is 0.102. The number of benzene rings is 3. The molecule has 1 N–H and O–H groups in total. The van der Waals surface area contributed by atoms with E-state index in [1.165, 1.54) is 18.2 Å². The Morgan fingerprint density at radius 1 is 0.931 bits per heavy atom. The molecule has 0 heterocycles. The van der Waals surface area contributed by atoms with Crippen molar-refractivity contribution in [3.05, 3.63) is 84.2 Å². The van der Waals surface area contributed by atoms with Crippen molar-refractivity contribution in [2.45, 2.75) is 10.7 Å². The van der Waals surface area contributed by atoms with E-state index in [0.29, 0.717) is 0 Å². The largest absolute Gasteiger partial charge is 0.455 e. The van der Waals surface area contributed by atoms with E-state index >= 15 is 0 Å². The Kier molecular flexibility index (Phi) is 5.88. The van der Waals surface area contributed by atoms with Crippen molar-refractivity contribution in [2.24, 2.45) is 0 Å². The predicted molar refractivity (Wildman–Crippen MR) is 101 cm³/mol. The van der Waals surface area contributed by atoms with Gasteiger partial charge in [0.15, 0.2) is 5.75 Å². The van der Waals surface area contributed by atoms with Gasteiger partial charge in [0.05, 0.1) is 10.6 Å². The minimum absolute atomic E-state index is 0.0544. The van der Waals surface area contributed by atoms with E-state index in [0.717, 1.165) is 24.3 Å². The van der Waals surface area contributed by atoms with Gasteiger partial charge in [-0.25, -0.2) is 12.8 Å². The molecule has 0 saturated carbocycles. The SMILES string of the molecule is O=C(Nc1ccccc1Oc1cccc(F)c1)c1ccc(S(=O)(=O)C(F)F)cc1. The fourth-order valence-corrected chi connectivity index (χ4v) is 3.13. The van der Waals surface area contributed by atoms with Gasteiger partial charge in [-0.2, -0.15) is 8.78 Å². The van der Waals surface area contributed by atoms with E-state index in [9.17, 15) is 26.4 Å². The standard InChI is InChI=1S/C20H14F3NO4S/c21-14-4-3-5-15(12-14)28-18-7-2-1-6-17(18)24-19(25)13-8-10-16(11-9-13)29(26,27)20(22)23/h1-12,20H,(H,24,25). The Bertz CT molecular complexity index is 1130. The molecular formula is C20H14F3NO4S. The van der Waals surface area contributed by atoms with Gasteiger partial charge in [0.25, 0.3) is 5.91 Å². The topological polar surface area (TPSA) is 72.5 Å². The summed E-state index contributed by atoms with van der Waals surface area (Å²) in [5.74, 6) is -4.16. The quantitative estimate of drug-likeness (QED) is 0.617. The molecule has 0 saturated heterocycles. The molecule has 0 atom stereocenters. The summed E-state index contributed by atoms with van der Waals surface area (Å²) in [6, 6.07) is 16.0. The number of para-hydroxylation sites is 2. The summed E-state index contributed by atoms with van der Waals surface area (Å²) < 4.78 is 67.0. The number of hydrogen-bond acceptors (Lipinski definition) is 4. The lowest BCUT2D eigenvalue weighted by atomic mass is 10.2. The average molecular weight is 421 g/mol. The van der Waals surface area contributed by atoms with Crippen LogP contribution in [0.25, 0.3) is 0 Å². The minimum atomic E-state index is -4.74. The highest BCUT2D eigenvalue weighted by Crippen LogP contribution is 2.30. The van der Waals surface area contributed by atoms with E-state index < -0.39 is 32.2 Å². The second-order valence-corrected chi connectivity index (χ2v) is 7.76. The van der Waals surface area contributed by atoms with Crippen LogP contribution in [0.3, 0.4) is 0 Å². The Balaban J connectivity index is 1.79. The van der Waals surface area contributed by atoms with Gasteiger partial charge in [-0.15, -0.1) is 0 Å². The molecule has 0 aliphatic heterocycles. The number of rotatable bonds is 6. The van der Waals surface area contributed by atoms with E-state index in [2.05, 4.69) is 5.32 Å². The van der Waals surface area contributed by atoms with Crippen molar-refractivity contribution in [3.8, 4) is 11.5 Å². The highest BCUT2D eigenvalue weighted by atomic mass is 32.2. The molecule has 150 valence electrons. The first-order valence-corrected chi connectivity index (χ1v) is 9.78. The van der Waals surface area contributed by atoms with Gasteiger partial charge in [0.2, 0.25) is 9.84 Å². The molecule has 0 aliphatic rings. The van der Waals surface area contributed by atoms with Crippen molar-refractivity contribution < 1.29 is 31.1 Å². The Hall–Kier alpha value is -3.33. The number of carbonyl (C=O) groups is 1. The number of sulfone groups is 1. The van der Waals surface area contributed by atoms with Crippen LogP contribution in [-0.2, 0) is 9.84 Å². The third kappa shape index (κ3) is 4.75. The van der Waals surface area contributed by atoms with Crippen LogP contribution < -0.4 is 10.1 Å². The summed E-state index contributed by atoms with van der Waals surface area (Å²) >= 11 is 0. The van der Waals surface area contributed by atoms with Gasteiger partial charge in [0.1, 0.15) is 11.6 Å². The number of anilines is 1. The Morgan fingerprint density at radius 2 is 1.62 bits per heavy atom. The zero-order valence-electron chi connectivity index (χ0n) is 14.7. The van der Waals surface area contributed by atoms with Gasteiger partial charge in [-0.05, 0) is 48.5 Å². The third-order valence-electron chi connectivity index (χ3n) is 3.84. The maximum Gasteiger partial charge on any atom is 0.341 e. The second kappa shape index (κ2) is 8.36. The summed E-state index contributed by atoms with van der Waals surface area (Å²) in [4.78, 5) is 11.9. The van der Waals surface area contributed by atoms with E-state index in [4.69, 9.17) is 4.74 Å². The predicted octanol–water partition coefficient (Wildman–Crippen LogP) is 4.87. The number of nitrogens with one attached hydrogen (secondary N) is 1. The maximum absolute atomic E-state index is 13.3. The second-order valence-electron chi connectivity index (χ2n) is 5.84. The van der Waals surface area contributed by atoms with Gasteiger partial charge >= 0.3 is 5.76 Å². The van der Waals surface area contributed by atoms with Crippen molar-refractivity contribution >= 4 is 21.4 Å². The van der Waals surface area contributed by atoms with Crippen LogP contribution in [0.2, 0.25) is 0 Å². The van der Waals surface area contributed by atoms with E-state index in [1.54, 1.807) is 30.3 Å². The molecule has 1 amide bonds. The van der Waals surface area contributed by atoms with Gasteiger partial charge < -0.3 is 10.1 Å². The number of halogens is 3. The van der Waals surface area contributed by atoms with Crippen LogP contribution in [0.15, 0.2) is 77.7 Å². The lowest BCUT2D eigenvalue weighted by Gasteiger charge is -2.12. The van der Waals surface area contributed by atoms with Gasteiger partial charge in [-0.1, -0.05) is 18.2 Å². The summed E-state index contributed by atoms with van der Waals surface area (Å²) in [5, 5.41) is 2.59. The summed E-state index contributed by atoms with van der Waals surface area (Å²) in [6.45, 7) is 0. The van der Waals surface area contributed by atoms with Gasteiger partial charge in [-0.3, -0.25) is 4.79 Å². The van der Waals surface area contributed by atoms with Crippen LogP contribution >= 0.6 is 0 Å². The number of carbonyl (C=O) groups excluding carboxylic acids is 1. The fraction of sp³-hybridized carbons (Fsp3) is 0.0500. The molecule has 0 spiro atoms. The van der Waals surface area contributed by atoms with Crippen LogP contribution in [0.1, 0.15) is 10.4 Å². The van der Waals surface area contributed by atoms with Crippen LogP contribution in [0.5, 0.6) is 11.5 Å². The van der Waals surface area contributed by atoms with Crippen LogP contribution in [0, 0.1) is 5.82 Å². The van der Waals surface area contributed by atoms with Crippen LogP contribution in [-0.4, -0.2) is 20.1 Å². The molecule has 29 heavy (non-hydrogen) atoms. The number of ether oxygens (including phenoxy) is 1. The van der Waals surface area contributed by atoms with E-state index in [1.807, 2.05) is 0 Å². The molecule has 0 radical (unpaired) electrons. The minimum Gasteiger partial charge on any atom is -0.455 e. The summed E-state index contributed by atoms with van der Waals surface area (Å²) in [7, 11) is -4.74. The molecule has 0 bridgehead atoms. The van der Waals surface area contributed by atoms with Gasteiger partial charge in [0, 0.05) is 11.6 Å². The first kappa shape index (κ1) is 20.4. The summed E-state index contributed by atoms with van der Waals surface area (Å²) in [6.07, 6.45) is 0. The molecule has 0 aliphatic carbocycles. The zero-order chi connectivity index (χ0) is 21.0. The van der Waals surface area contributed by atoms with E-state index in [-0.39, 0.29) is 22.7 Å². The first-order chi connectivity index (χ1) is 13.8. The van der Waals surface area contributed by atoms with Crippen molar-refractivity contribution in [2.75, 3.05) is 5.32 Å². The maximum atomic E-state index is 13.3. The zero-order valence-corrected chi connectivity index (χ0v) is 15.5. The molecule has 0 aromatic heterocycles. The fourth-order valence-electron chi connectivity index (χ4n) is 2.41. The molecule has 3 aromatic carbocycles. The summed E-state index contributed by atoms with van der Waals surface area (Å²) in [5.41, 5.74) is 0.338. The molecule has 0 unspecified atom stereocenters. The molecule has 9 heteroatoms. The monoisotopic (exact) mass is 421 g/mol. The highest BCUT2D eigenvalue weighted by Gasteiger charge is 2.26. The first-order valence-electron chi connectivity index (χ1n) is 8.23. The smallest absolute Gasteiger partial charge is 0.341 e. The number of amides is 1.